The van der Waals surface area contributed by atoms with E-state index in [4.69, 9.17) is 0 Å². The van der Waals surface area contributed by atoms with Crippen LogP contribution in [0.3, 0.4) is 0 Å². The van der Waals surface area contributed by atoms with Crippen molar-refractivity contribution in [2.75, 3.05) is 17.3 Å². The number of rotatable bonds is 3. The Labute approximate surface area is 64.9 Å². The second kappa shape index (κ2) is 3.81. The monoisotopic (exact) mass is 157 g/mol. The highest BCUT2D eigenvalue weighted by molar-refractivity contribution is 7.97. The van der Waals surface area contributed by atoms with Gasteiger partial charge in [0, 0.05) is 0 Å². The van der Waals surface area contributed by atoms with E-state index in [1.54, 1.807) is 0 Å². The highest BCUT2D eigenvalue weighted by Crippen LogP contribution is 2.13. The Morgan fingerprint density at radius 2 is 2.10 bits per heavy atom. The third kappa shape index (κ3) is 2.18. The van der Waals surface area contributed by atoms with Crippen molar-refractivity contribution in [2.24, 2.45) is 0 Å². The summed E-state index contributed by atoms with van der Waals surface area (Å²) in [7, 11) is 0.422. The maximum atomic E-state index is 10.9. The fourth-order valence-electron chi connectivity index (χ4n) is 1.12. The topological polar surface area (TPSA) is 17.1 Å². The van der Waals surface area contributed by atoms with Crippen molar-refractivity contribution in [1.29, 1.82) is 0 Å². The smallest absolute Gasteiger partial charge is 0.204 e. The molecular weight excluding hydrogens is 144 g/mol. The second-order valence-electron chi connectivity index (χ2n) is 2.54. The minimum absolute atomic E-state index is 0.227. The molecule has 1 rings (SSSR count). The van der Waals surface area contributed by atoms with Crippen LogP contribution in [0.2, 0.25) is 0 Å². The molecule has 1 aliphatic heterocycles. The first-order chi connectivity index (χ1) is 4.83. The van der Waals surface area contributed by atoms with Crippen LogP contribution in [0.15, 0.2) is 12.7 Å². The standard InChI is InChI=1S/C8H13OS/c1-2-8(9)7-10-5-3-4-6-10/h2H,1,3-7H2/q+1. The van der Waals surface area contributed by atoms with Gasteiger partial charge in [-0.05, 0) is 29.8 Å². The van der Waals surface area contributed by atoms with Gasteiger partial charge < -0.3 is 0 Å². The summed E-state index contributed by atoms with van der Waals surface area (Å²) < 4.78 is 0. The average molecular weight is 157 g/mol. The fourth-order valence-corrected chi connectivity index (χ4v) is 3.36. The lowest BCUT2D eigenvalue weighted by atomic mass is 10.4. The molecule has 0 spiro atoms. The largest absolute Gasteiger partial charge is 0.290 e. The van der Waals surface area contributed by atoms with E-state index in [0.717, 1.165) is 5.75 Å². The van der Waals surface area contributed by atoms with Gasteiger partial charge in [0.1, 0.15) is 11.5 Å². The van der Waals surface area contributed by atoms with Crippen LogP contribution in [0.25, 0.3) is 0 Å². The van der Waals surface area contributed by atoms with Gasteiger partial charge in [0.2, 0.25) is 5.78 Å². The first-order valence-electron chi connectivity index (χ1n) is 3.62. The number of carbonyl (C=O) groups excluding carboxylic acids is 1. The molecule has 0 aliphatic carbocycles. The summed E-state index contributed by atoms with van der Waals surface area (Å²) in [6, 6.07) is 0. The van der Waals surface area contributed by atoms with Gasteiger partial charge in [-0.25, -0.2) is 0 Å². The lowest BCUT2D eigenvalue weighted by molar-refractivity contribution is -0.112. The van der Waals surface area contributed by atoms with E-state index in [2.05, 4.69) is 6.58 Å². The zero-order valence-corrected chi connectivity index (χ0v) is 6.95. The Morgan fingerprint density at radius 3 is 2.60 bits per heavy atom. The van der Waals surface area contributed by atoms with Crippen molar-refractivity contribution in [1.82, 2.24) is 0 Å². The average Bonchev–Trinajstić information content (AvgIpc) is 2.40. The van der Waals surface area contributed by atoms with Gasteiger partial charge in [-0.2, -0.15) is 0 Å². The van der Waals surface area contributed by atoms with E-state index in [-0.39, 0.29) is 5.78 Å². The number of hydrogen-bond donors (Lipinski definition) is 0. The van der Waals surface area contributed by atoms with E-state index >= 15 is 0 Å². The Bertz CT molecular complexity index is 136. The van der Waals surface area contributed by atoms with Crippen LogP contribution in [-0.4, -0.2) is 23.0 Å². The first kappa shape index (κ1) is 7.86. The third-order valence-electron chi connectivity index (χ3n) is 1.69. The fraction of sp³-hybridized carbons (Fsp3) is 0.625. The first-order valence-corrected chi connectivity index (χ1v) is 5.35. The van der Waals surface area contributed by atoms with Crippen LogP contribution in [0, 0.1) is 0 Å². The van der Waals surface area contributed by atoms with Gasteiger partial charge in [-0.15, -0.1) is 0 Å². The summed E-state index contributed by atoms with van der Waals surface area (Å²) in [5.41, 5.74) is 0. The highest BCUT2D eigenvalue weighted by Gasteiger charge is 2.25. The highest BCUT2D eigenvalue weighted by atomic mass is 32.2. The van der Waals surface area contributed by atoms with Crippen LogP contribution in [-0.2, 0) is 15.7 Å². The summed E-state index contributed by atoms with van der Waals surface area (Å²) >= 11 is 0. The lowest BCUT2D eigenvalue weighted by Gasteiger charge is -1.94. The molecular formula is C8H13OS+. The summed E-state index contributed by atoms with van der Waals surface area (Å²) in [5, 5.41) is 0. The van der Waals surface area contributed by atoms with Crippen molar-refractivity contribution >= 4 is 16.7 Å². The van der Waals surface area contributed by atoms with Gasteiger partial charge in [0.15, 0.2) is 5.75 Å². The predicted octanol–water partition coefficient (Wildman–Crippen LogP) is 1.15. The number of ketones is 1. The van der Waals surface area contributed by atoms with Crippen LogP contribution >= 0.6 is 0 Å². The summed E-state index contributed by atoms with van der Waals surface area (Å²) in [6.07, 6.45) is 4.10. The van der Waals surface area contributed by atoms with Crippen molar-refractivity contribution < 1.29 is 4.79 Å². The number of carbonyl (C=O) groups is 1. The number of allylic oxidation sites excluding steroid dienone is 1. The molecule has 0 amide bonds. The van der Waals surface area contributed by atoms with E-state index in [1.165, 1.54) is 30.4 Å². The van der Waals surface area contributed by atoms with Gasteiger partial charge in [0.05, 0.1) is 0 Å². The summed E-state index contributed by atoms with van der Waals surface area (Å²) in [4.78, 5) is 10.9. The molecule has 0 aromatic rings. The predicted molar refractivity (Wildman–Crippen MR) is 46.4 cm³/mol. The van der Waals surface area contributed by atoms with Gasteiger partial charge in [-0.1, -0.05) is 6.58 Å². The molecule has 56 valence electrons. The summed E-state index contributed by atoms with van der Waals surface area (Å²) in [6.45, 7) is 3.46. The molecule has 1 aliphatic rings. The van der Waals surface area contributed by atoms with Crippen molar-refractivity contribution in [3.05, 3.63) is 12.7 Å². The zero-order chi connectivity index (χ0) is 7.40. The van der Waals surface area contributed by atoms with Gasteiger partial charge >= 0.3 is 0 Å². The molecule has 2 heteroatoms. The quantitative estimate of drug-likeness (QED) is 0.444. The molecule has 0 bridgehead atoms. The molecule has 0 aromatic heterocycles. The maximum absolute atomic E-state index is 10.9. The number of hydrogen-bond acceptors (Lipinski definition) is 1. The molecule has 0 atom stereocenters. The molecule has 1 nitrogen and oxygen atoms in total. The van der Waals surface area contributed by atoms with Crippen LogP contribution in [0.5, 0.6) is 0 Å². The van der Waals surface area contributed by atoms with Crippen molar-refractivity contribution in [3.63, 3.8) is 0 Å². The molecule has 1 fully saturated rings. The van der Waals surface area contributed by atoms with E-state index < -0.39 is 0 Å². The molecule has 0 radical (unpaired) electrons. The van der Waals surface area contributed by atoms with E-state index in [9.17, 15) is 4.79 Å². The Morgan fingerprint density at radius 1 is 1.50 bits per heavy atom. The zero-order valence-electron chi connectivity index (χ0n) is 6.14. The minimum Gasteiger partial charge on any atom is -0.290 e. The molecule has 0 aromatic carbocycles. The molecule has 10 heavy (non-hydrogen) atoms. The van der Waals surface area contributed by atoms with E-state index in [1.807, 2.05) is 0 Å². The lowest BCUT2D eigenvalue weighted by Crippen LogP contribution is -2.15. The van der Waals surface area contributed by atoms with Gasteiger partial charge in [-0.3, -0.25) is 4.79 Å². The molecule has 0 saturated carbocycles. The van der Waals surface area contributed by atoms with Crippen molar-refractivity contribution in [2.45, 2.75) is 12.8 Å². The van der Waals surface area contributed by atoms with Gasteiger partial charge in [0.25, 0.3) is 0 Å². The normalized spacial score (nSPS) is 19.2. The summed E-state index contributed by atoms with van der Waals surface area (Å²) in [5.74, 6) is 3.55. The molecule has 1 heterocycles. The SMILES string of the molecule is C=CC(=O)C[S+]1CCCC1. The Kier molecular flexibility index (Phi) is 3.00. The second-order valence-corrected chi connectivity index (χ2v) is 4.87. The van der Waals surface area contributed by atoms with Crippen LogP contribution in [0.1, 0.15) is 12.8 Å². The minimum atomic E-state index is 0.227. The van der Waals surface area contributed by atoms with Crippen molar-refractivity contribution in [3.8, 4) is 0 Å². The Balaban J connectivity index is 2.23. The maximum Gasteiger partial charge on any atom is 0.204 e. The van der Waals surface area contributed by atoms with Crippen LogP contribution in [0.4, 0.5) is 0 Å². The van der Waals surface area contributed by atoms with Crippen LogP contribution < -0.4 is 0 Å². The Hall–Kier alpha value is -0.240. The third-order valence-corrected chi connectivity index (χ3v) is 4.11. The molecule has 0 unspecified atom stereocenters. The van der Waals surface area contributed by atoms with E-state index in [0.29, 0.717) is 10.9 Å². The molecule has 1 saturated heterocycles. The molecule has 0 N–H and O–H groups in total.